The topological polar surface area (TPSA) is 152 Å². The lowest BCUT2D eigenvalue weighted by atomic mass is 10.1. The van der Waals surface area contributed by atoms with E-state index in [1.807, 2.05) is 0 Å². The standard InChI is InChI=1S/C19H17N5O6/c1-29-14-5-3-11(4-6-14)15-9-17(25)22-19(21-15)23-20-10-12-7-13(24(27)28)8-16(30-2)18(12)26/h3-10,26H,1-2H3,(H2,21,22,23,25)/b20-10-. The van der Waals surface area contributed by atoms with Crippen molar-refractivity contribution in [1.82, 2.24) is 9.97 Å². The fourth-order valence-electron chi connectivity index (χ4n) is 2.56. The van der Waals surface area contributed by atoms with Crippen molar-refractivity contribution < 1.29 is 19.5 Å². The summed E-state index contributed by atoms with van der Waals surface area (Å²) in [5.74, 6) is 0.320. The summed E-state index contributed by atoms with van der Waals surface area (Å²) in [6.07, 6.45) is 1.14. The van der Waals surface area contributed by atoms with Crippen LogP contribution in [0.15, 0.2) is 52.4 Å². The van der Waals surface area contributed by atoms with E-state index in [1.165, 1.54) is 13.2 Å². The maximum absolute atomic E-state index is 12.0. The second-order valence-corrected chi connectivity index (χ2v) is 5.92. The number of benzene rings is 2. The van der Waals surface area contributed by atoms with Gasteiger partial charge < -0.3 is 14.6 Å². The lowest BCUT2D eigenvalue weighted by Crippen LogP contribution is -2.10. The Labute approximate surface area is 169 Å². The number of non-ortho nitro benzene ring substituents is 1. The van der Waals surface area contributed by atoms with E-state index in [2.05, 4.69) is 20.5 Å². The molecule has 0 amide bonds. The Kier molecular flexibility index (Phi) is 5.92. The highest BCUT2D eigenvalue weighted by Crippen LogP contribution is 2.33. The second-order valence-electron chi connectivity index (χ2n) is 5.92. The van der Waals surface area contributed by atoms with Gasteiger partial charge in [-0.25, -0.2) is 10.4 Å². The number of H-pyrrole nitrogens is 1. The van der Waals surface area contributed by atoms with Crippen molar-refractivity contribution in [2.75, 3.05) is 19.6 Å². The van der Waals surface area contributed by atoms with Crippen LogP contribution in [0.25, 0.3) is 11.3 Å². The highest BCUT2D eigenvalue weighted by Gasteiger charge is 2.15. The lowest BCUT2D eigenvalue weighted by molar-refractivity contribution is -0.385. The monoisotopic (exact) mass is 411 g/mol. The number of nitro benzene ring substituents is 1. The Balaban J connectivity index is 1.86. The number of nitrogens with zero attached hydrogens (tertiary/aromatic N) is 3. The van der Waals surface area contributed by atoms with E-state index in [0.717, 1.165) is 18.3 Å². The minimum absolute atomic E-state index is 0.0430. The number of hydrogen-bond donors (Lipinski definition) is 3. The Morgan fingerprint density at radius 3 is 2.57 bits per heavy atom. The zero-order chi connectivity index (χ0) is 21.7. The molecule has 0 saturated heterocycles. The van der Waals surface area contributed by atoms with E-state index in [-0.39, 0.29) is 28.7 Å². The van der Waals surface area contributed by atoms with Crippen LogP contribution in [-0.2, 0) is 0 Å². The third kappa shape index (κ3) is 4.52. The van der Waals surface area contributed by atoms with E-state index >= 15 is 0 Å². The van der Waals surface area contributed by atoms with Crippen LogP contribution >= 0.6 is 0 Å². The van der Waals surface area contributed by atoms with Crippen LogP contribution < -0.4 is 20.5 Å². The molecular formula is C19H17N5O6. The number of phenols is 1. The molecule has 3 aromatic rings. The minimum Gasteiger partial charge on any atom is -0.504 e. The predicted molar refractivity (Wildman–Crippen MR) is 109 cm³/mol. The number of aromatic amines is 1. The molecule has 0 aliphatic carbocycles. The average molecular weight is 411 g/mol. The molecular weight excluding hydrogens is 394 g/mol. The summed E-state index contributed by atoms with van der Waals surface area (Å²) in [4.78, 5) is 29.1. The molecule has 0 radical (unpaired) electrons. The number of methoxy groups -OCH3 is 2. The third-order valence-electron chi connectivity index (χ3n) is 4.02. The molecule has 1 aromatic heterocycles. The number of anilines is 1. The lowest BCUT2D eigenvalue weighted by Gasteiger charge is -2.06. The molecule has 30 heavy (non-hydrogen) atoms. The van der Waals surface area contributed by atoms with Crippen molar-refractivity contribution in [2.24, 2.45) is 5.10 Å². The SMILES string of the molecule is COc1ccc(-c2cc(=O)[nH]c(N/N=C\c3cc([N+](=O)[O-])cc(OC)c3O)n2)cc1. The van der Waals surface area contributed by atoms with Gasteiger partial charge in [0, 0.05) is 23.3 Å². The number of hydrogen-bond acceptors (Lipinski definition) is 9. The number of hydrazone groups is 1. The van der Waals surface area contributed by atoms with E-state index < -0.39 is 10.5 Å². The molecule has 2 aromatic carbocycles. The van der Waals surface area contributed by atoms with Crippen molar-refractivity contribution in [3.63, 3.8) is 0 Å². The predicted octanol–water partition coefficient (Wildman–Crippen LogP) is 2.51. The molecule has 3 rings (SSSR count). The average Bonchev–Trinajstić information content (AvgIpc) is 2.74. The maximum atomic E-state index is 12.0. The van der Waals surface area contributed by atoms with Gasteiger partial charge in [-0.15, -0.1) is 0 Å². The molecule has 0 saturated carbocycles. The van der Waals surface area contributed by atoms with Gasteiger partial charge in [0.05, 0.1) is 37.1 Å². The van der Waals surface area contributed by atoms with Crippen molar-refractivity contribution in [3.05, 3.63) is 68.5 Å². The van der Waals surface area contributed by atoms with Crippen LogP contribution in [0.4, 0.5) is 11.6 Å². The first kappa shape index (κ1) is 20.3. The van der Waals surface area contributed by atoms with Crippen LogP contribution in [0.5, 0.6) is 17.2 Å². The molecule has 11 heteroatoms. The Morgan fingerprint density at radius 1 is 1.20 bits per heavy atom. The summed E-state index contributed by atoms with van der Waals surface area (Å²) in [7, 11) is 2.83. The largest absolute Gasteiger partial charge is 0.504 e. The van der Waals surface area contributed by atoms with Crippen molar-refractivity contribution in [2.45, 2.75) is 0 Å². The molecule has 0 spiro atoms. The van der Waals surface area contributed by atoms with Crippen molar-refractivity contribution >= 4 is 17.9 Å². The first-order valence-electron chi connectivity index (χ1n) is 8.51. The van der Waals surface area contributed by atoms with Gasteiger partial charge >= 0.3 is 0 Å². The fraction of sp³-hybridized carbons (Fsp3) is 0.105. The number of ether oxygens (including phenoxy) is 2. The van der Waals surface area contributed by atoms with E-state index in [1.54, 1.807) is 31.4 Å². The van der Waals surface area contributed by atoms with E-state index in [4.69, 9.17) is 9.47 Å². The van der Waals surface area contributed by atoms with Gasteiger partial charge in [-0.1, -0.05) is 0 Å². The van der Waals surface area contributed by atoms with Gasteiger partial charge in [0.15, 0.2) is 11.5 Å². The van der Waals surface area contributed by atoms with E-state index in [0.29, 0.717) is 17.0 Å². The maximum Gasteiger partial charge on any atom is 0.274 e. The Hall–Kier alpha value is -4.41. The zero-order valence-corrected chi connectivity index (χ0v) is 15.9. The van der Waals surface area contributed by atoms with Gasteiger partial charge in [-0.3, -0.25) is 19.9 Å². The Morgan fingerprint density at radius 2 is 1.93 bits per heavy atom. The van der Waals surface area contributed by atoms with Crippen LogP contribution in [0, 0.1) is 10.1 Å². The highest BCUT2D eigenvalue weighted by molar-refractivity contribution is 5.86. The number of aromatic hydroxyl groups is 1. The van der Waals surface area contributed by atoms with Gasteiger partial charge in [0.1, 0.15) is 5.75 Å². The minimum atomic E-state index is -0.621. The summed E-state index contributed by atoms with van der Waals surface area (Å²) < 4.78 is 10.0. The number of nitro groups is 1. The van der Waals surface area contributed by atoms with E-state index in [9.17, 15) is 20.0 Å². The number of aromatic nitrogens is 2. The summed E-state index contributed by atoms with van der Waals surface area (Å²) in [6.45, 7) is 0. The number of rotatable bonds is 7. The highest BCUT2D eigenvalue weighted by atomic mass is 16.6. The van der Waals surface area contributed by atoms with Gasteiger partial charge in [-0.05, 0) is 24.3 Å². The van der Waals surface area contributed by atoms with Crippen molar-refractivity contribution in [1.29, 1.82) is 0 Å². The summed E-state index contributed by atoms with van der Waals surface area (Å²) in [5.41, 5.74) is 2.98. The summed E-state index contributed by atoms with van der Waals surface area (Å²) >= 11 is 0. The van der Waals surface area contributed by atoms with Crippen LogP contribution in [0.1, 0.15) is 5.56 Å². The normalized spacial score (nSPS) is 10.7. The first-order valence-corrected chi connectivity index (χ1v) is 8.51. The Bertz CT molecular complexity index is 1160. The third-order valence-corrected chi connectivity index (χ3v) is 4.02. The molecule has 0 atom stereocenters. The zero-order valence-electron chi connectivity index (χ0n) is 15.9. The molecule has 154 valence electrons. The quantitative estimate of drug-likeness (QED) is 0.305. The molecule has 0 aliphatic rings. The first-order chi connectivity index (χ1) is 14.4. The smallest absolute Gasteiger partial charge is 0.274 e. The van der Waals surface area contributed by atoms with Crippen LogP contribution in [0.3, 0.4) is 0 Å². The van der Waals surface area contributed by atoms with Gasteiger partial charge in [0.25, 0.3) is 11.2 Å². The molecule has 0 fully saturated rings. The summed E-state index contributed by atoms with van der Waals surface area (Å²) in [5, 5.41) is 25.0. The number of nitrogens with one attached hydrogen (secondary N) is 2. The number of phenolic OH excluding ortho intramolecular Hbond substituents is 1. The second kappa shape index (κ2) is 8.73. The fourth-order valence-corrected chi connectivity index (χ4v) is 2.56. The molecule has 3 N–H and O–H groups in total. The molecule has 11 nitrogen and oxygen atoms in total. The van der Waals surface area contributed by atoms with Gasteiger partial charge in [0.2, 0.25) is 5.95 Å². The molecule has 1 heterocycles. The van der Waals surface area contributed by atoms with Crippen molar-refractivity contribution in [3.8, 4) is 28.5 Å². The molecule has 0 bridgehead atoms. The summed E-state index contributed by atoms with van der Waals surface area (Å²) in [6, 6.07) is 10.5. The van der Waals surface area contributed by atoms with Crippen LogP contribution in [0.2, 0.25) is 0 Å². The van der Waals surface area contributed by atoms with Gasteiger partial charge in [-0.2, -0.15) is 5.10 Å². The molecule has 0 aliphatic heterocycles. The van der Waals surface area contributed by atoms with Crippen LogP contribution in [-0.4, -0.2) is 40.4 Å². The molecule has 0 unspecified atom stereocenters.